The lowest BCUT2D eigenvalue weighted by Crippen LogP contribution is -1.69. The molecular weight excluding hydrogens is 168 g/mol. The van der Waals surface area contributed by atoms with E-state index in [2.05, 4.69) is 18.8 Å². The molecule has 0 N–H and O–H groups in total. The highest BCUT2D eigenvalue weighted by Crippen LogP contribution is 1.94. The monoisotopic (exact) mass is 190 g/mol. The van der Waals surface area contributed by atoms with Crippen LogP contribution in [0.15, 0.2) is 30.3 Å². The molecule has 14 heavy (non-hydrogen) atoms. The molecule has 0 heterocycles. The van der Waals surface area contributed by atoms with Gasteiger partial charge in [-0.25, -0.2) is 0 Å². The van der Waals surface area contributed by atoms with Gasteiger partial charge in [-0.2, -0.15) is 0 Å². The minimum Gasteiger partial charge on any atom is -0.0982 e. The predicted molar refractivity (Wildman–Crippen MR) is 66.3 cm³/mol. The first-order valence-corrected chi connectivity index (χ1v) is 5.47. The molecule has 0 saturated heterocycles. The summed E-state index contributed by atoms with van der Waals surface area (Å²) in [5.74, 6) is 6.06. The predicted octanol–water partition coefficient (Wildman–Crippen LogP) is 4.50. The first-order valence-electron chi connectivity index (χ1n) is 5.47. The minimum atomic E-state index is 0.925. The van der Waals surface area contributed by atoms with E-state index in [1.807, 2.05) is 58.0 Å². The Balaban J connectivity index is 0. The molecule has 0 unspecified atom stereocenters. The fourth-order valence-corrected chi connectivity index (χ4v) is 0.712. The Kier molecular flexibility index (Phi) is 15.6. The van der Waals surface area contributed by atoms with Crippen molar-refractivity contribution in [2.24, 2.45) is 0 Å². The second-order valence-electron chi connectivity index (χ2n) is 2.02. The van der Waals surface area contributed by atoms with Crippen LogP contribution in [-0.4, -0.2) is 0 Å². The fraction of sp³-hybridized carbons (Fsp3) is 0.429. The SMILES string of the molecule is CC.CC.CCC#Cc1ccccc1. The molecule has 0 saturated carbocycles. The van der Waals surface area contributed by atoms with E-state index in [0.29, 0.717) is 0 Å². The standard InChI is InChI=1S/C10H10.2C2H6/c1-2-3-7-10-8-5-4-6-9-10;2*1-2/h4-6,8-9H,2H2,1H3;2*1-2H3. The lowest BCUT2D eigenvalue weighted by atomic mass is 10.2. The quantitative estimate of drug-likeness (QED) is 0.528. The molecule has 0 nitrogen and oxygen atoms in total. The molecule has 0 spiro atoms. The first-order chi connectivity index (χ1) is 6.93. The molecule has 1 aromatic carbocycles. The van der Waals surface area contributed by atoms with Crippen molar-refractivity contribution in [3.63, 3.8) is 0 Å². The maximum Gasteiger partial charge on any atom is 0.0245 e. The summed E-state index contributed by atoms with van der Waals surface area (Å²) >= 11 is 0. The summed E-state index contributed by atoms with van der Waals surface area (Å²) in [7, 11) is 0. The van der Waals surface area contributed by atoms with Gasteiger partial charge in [0.2, 0.25) is 0 Å². The van der Waals surface area contributed by atoms with Crippen LogP contribution in [0.4, 0.5) is 0 Å². The van der Waals surface area contributed by atoms with Gasteiger partial charge in [-0.1, -0.05) is 64.7 Å². The van der Waals surface area contributed by atoms with Gasteiger partial charge < -0.3 is 0 Å². The average Bonchev–Trinajstić information content (AvgIpc) is 2.33. The Labute approximate surface area is 89.4 Å². The van der Waals surface area contributed by atoms with E-state index >= 15 is 0 Å². The maximum absolute atomic E-state index is 3.04. The number of benzene rings is 1. The second-order valence-corrected chi connectivity index (χ2v) is 2.02. The molecule has 0 aliphatic heterocycles. The Bertz CT molecular complexity index is 236. The van der Waals surface area contributed by atoms with E-state index in [1.54, 1.807) is 0 Å². The van der Waals surface area contributed by atoms with Gasteiger partial charge in [-0.15, -0.1) is 0 Å². The zero-order valence-corrected chi connectivity index (χ0v) is 10.1. The highest BCUT2D eigenvalue weighted by Gasteiger charge is 1.78. The molecule has 0 aromatic heterocycles. The Morgan fingerprint density at radius 1 is 0.929 bits per heavy atom. The van der Waals surface area contributed by atoms with Gasteiger partial charge in [0.05, 0.1) is 0 Å². The highest BCUT2D eigenvalue weighted by atomic mass is 13.8. The topological polar surface area (TPSA) is 0 Å². The van der Waals surface area contributed by atoms with Crippen LogP contribution in [0.3, 0.4) is 0 Å². The van der Waals surface area contributed by atoms with Gasteiger partial charge in [-0.05, 0) is 12.1 Å². The van der Waals surface area contributed by atoms with Crippen molar-refractivity contribution in [3.8, 4) is 11.8 Å². The summed E-state index contributed by atoms with van der Waals surface area (Å²) in [4.78, 5) is 0. The second kappa shape index (κ2) is 14.3. The van der Waals surface area contributed by atoms with Crippen molar-refractivity contribution in [2.45, 2.75) is 41.0 Å². The van der Waals surface area contributed by atoms with Gasteiger partial charge >= 0.3 is 0 Å². The third-order valence-electron chi connectivity index (χ3n) is 1.18. The van der Waals surface area contributed by atoms with Crippen molar-refractivity contribution in [2.75, 3.05) is 0 Å². The zero-order valence-electron chi connectivity index (χ0n) is 10.1. The van der Waals surface area contributed by atoms with Crippen LogP contribution in [-0.2, 0) is 0 Å². The molecule has 0 radical (unpaired) electrons. The van der Waals surface area contributed by atoms with Gasteiger partial charge in [0.1, 0.15) is 0 Å². The van der Waals surface area contributed by atoms with Crippen molar-refractivity contribution < 1.29 is 0 Å². The van der Waals surface area contributed by atoms with Crippen LogP contribution in [0.5, 0.6) is 0 Å². The Morgan fingerprint density at radius 2 is 1.43 bits per heavy atom. The van der Waals surface area contributed by atoms with Crippen molar-refractivity contribution in [3.05, 3.63) is 35.9 Å². The van der Waals surface area contributed by atoms with Gasteiger partial charge in [-0.3, -0.25) is 0 Å². The van der Waals surface area contributed by atoms with E-state index in [1.165, 1.54) is 0 Å². The highest BCUT2D eigenvalue weighted by molar-refractivity contribution is 5.33. The largest absolute Gasteiger partial charge is 0.0982 e. The van der Waals surface area contributed by atoms with E-state index in [0.717, 1.165) is 12.0 Å². The van der Waals surface area contributed by atoms with Crippen LogP contribution in [0.25, 0.3) is 0 Å². The molecule has 1 aromatic rings. The Morgan fingerprint density at radius 3 is 1.86 bits per heavy atom. The number of rotatable bonds is 0. The van der Waals surface area contributed by atoms with Crippen LogP contribution < -0.4 is 0 Å². The van der Waals surface area contributed by atoms with Gasteiger partial charge in [0.15, 0.2) is 0 Å². The molecule has 1 rings (SSSR count). The molecule has 0 amide bonds. The van der Waals surface area contributed by atoms with E-state index in [-0.39, 0.29) is 0 Å². The van der Waals surface area contributed by atoms with E-state index < -0.39 is 0 Å². The lowest BCUT2D eigenvalue weighted by Gasteiger charge is -1.84. The molecule has 0 aliphatic rings. The molecule has 0 bridgehead atoms. The maximum atomic E-state index is 3.04. The Hall–Kier alpha value is -1.22. The summed E-state index contributed by atoms with van der Waals surface area (Å²) in [5.41, 5.74) is 1.10. The summed E-state index contributed by atoms with van der Waals surface area (Å²) in [6.45, 7) is 10.1. The fourth-order valence-electron chi connectivity index (χ4n) is 0.712. The third-order valence-corrected chi connectivity index (χ3v) is 1.18. The number of hydrogen-bond acceptors (Lipinski definition) is 0. The molecule has 0 aliphatic carbocycles. The van der Waals surface area contributed by atoms with Crippen LogP contribution in [0, 0.1) is 11.8 Å². The van der Waals surface area contributed by atoms with Crippen LogP contribution in [0.2, 0.25) is 0 Å². The molecular formula is C14H22. The molecule has 0 fully saturated rings. The van der Waals surface area contributed by atoms with E-state index in [9.17, 15) is 0 Å². The molecule has 0 atom stereocenters. The van der Waals surface area contributed by atoms with Gasteiger partial charge in [0, 0.05) is 12.0 Å². The summed E-state index contributed by atoms with van der Waals surface area (Å²) in [5, 5.41) is 0. The average molecular weight is 190 g/mol. The van der Waals surface area contributed by atoms with Crippen molar-refractivity contribution >= 4 is 0 Å². The van der Waals surface area contributed by atoms with E-state index in [4.69, 9.17) is 0 Å². The third kappa shape index (κ3) is 8.87. The number of hydrogen-bond donors (Lipinski definition) is 0. The normalized spacial score (nSPS) is 6.64. The van der Waals surface area contributed by atoms with Crippen LogP contribution in [0.1, 0.15) is 46.6 Å². The van der Waals surface area contributed by atoms with Crippen LogP contribution >= 0.6 is 0 Å². The molecule has 0 heteroatoms. The molecule has 78 valence electrons. The van der Waals surface area contributed by atoms with Gasteiger partial charge in [0.25, 0.3) is 0 Å². The van der Waals surface area contributed by atoms with Crippen molar-refractivity contribution in [1.82, 2.24) is 0 Å². The summed E-state index contributed by atoms with van der Waals surface area (Å²) < 4.78 is 0. The smallest absolute Gasteiger partial charge is 0.0245 e. The zero-order chi connectivity index (χ0) is 11.2. The van der Waals surface area contributed by atoms with Crippen molar-refractivity contribution in [1.29, 1.82) is 0 Å². The first kappa shape index (κ1) is 15.3. The minimum absolute atomic E-state index is 0.925. The summed E-state index contributed by atoms with van der Waals surface area (Å²) in [6, 6.07) is 10.0. The summed E-state index contributed by atoms with van der Waals surface area (Å²) in [6.07, 6.45) is 0.925. The lowest BCUT2D eigenvalue weighted by molar-refractivity contribution is 1.28.